The summed E-state index contributed by atoms with van der Waals surface area (Å²) in [6, 6.07) is 0. The van der Waals surface area contributed by atoms with Gasteiger partial charge in [0.1, 0.15) is 5.78 Å². The van der Waals surface area contributed by atoms with Crippen LogP contribution in [0.25, 0.3) is 0 Å². The van der Waals surface area contributed by atoms with E-state index in [1.54, 1.807) is 6.42 Å². The standard InChI is InChI=1S/C32H58O/c1-6-27(33)19-17-15-13-11-9-7-8-10-12-14-16-18-22-31(5)23-21-29-30(3,4)28-25-32(29,31)24-20-26(28)2/h26,28-29H,6-25H2,1-5H3/t26-,28-,29+,31-,32+/m1/s1. The van der Waals surface area contributed by atoms with E-state index in [0.717, 1.165) is 37.0 Å². The fourth-order valence-electron chi connectivity index (χ4n) is 9.15. The van der Waals surface area contributed by atoms with E-state index in [0.29, 0.717) is 22.0 Å². The van der Waals surface area contributed by atoms with Crippen LogP contribution in [0.3, 0.4) is 0 Å². The fourth-order valence-corrected chi connectivity index (χ4v) is 9.15. The van der Waals surface area contributed by atoms with Crippen LogP contribution in [0.15, 0.2) is 0 Å². The molecule has 0 N–H and O–H groups in total. The molecule has 1 heteroatoms. The molecule has 1 spiro atoms. The van der Waals surface area contributed by atoms with Crippen molar-refractivity contribution in [3.8, 4) is 0 Å². The Morgan fingerprint density at radius 1 is 0.758 bits per heavy atom. The van der Waals surface area contributed by atoms with E-state index < -0.39 is 0 Å². The summed E-state index contributed by atoms with van der Waals surface area (Å²) in [5, 5.41) is 0. The molecule has 2 bridgehead atoms. The Morgan fingerprint density at radius 3 is 1.88 bits per heavy atom. The van der Waals surface area contributed by atoms with E-state index in [2.05, 4.69) is 27.7 Å². The molecule has 0 aliphatic heterocycles. The van der Waals surface area contributed by atoms with Crippen LogP contribution in [0.1, 0.15) is 163 Å². The zero-order valence-electron chi connectivity index (χ0n) is 23.3. The number of rotatable bonds is 16. The van der Waals surface area contributed by atoms with E-state index in [4.69, 9.17) is 0 Å². The van der Waals surface area contributed by atoms with Gasteiger partial charge in [-0.3, -0.25) is 4.79 Å². The van der Waals surface area contributed by atoms with Crippen molar-refractivity contribution < 1.29 is 4.79 Å². The smallest absolute Gasteiger partial charge is 0.132 e. The lowest BCUT2D eigenvalue weighted by atomic mass is 9.57. The summed E-state index contributed by atoms with van der Waals surface area (Å²) in [5.74, 6) is 3.39. The summed E-state index contributed by atoms with van der Waals surface area (Å²) >= 11 is 0. The summed E-state index contributed by atoms with van der Waals surface area (Å²) in [4.78, 5) is 11.3. The fraction of sp³-hybridized carbons (Fsp3) is 0.969. The number of ketones is 1. The highest BCUT2D eigenvalue weighted by Crippen LogP contribution is 2.76. The highest BCUT2D eigenvalue weighted by molar-refractivity contribution is 5.77. The largest absolute Gasteiger partial charge is 0.300 e. The molecule has 1 nitrogen and oxygen atoms in total. The number of fused-ring (bicyclic) bond motifs is 1. The predicted molar refractivity (Wildman–Crippen MR) is 143 cm³/mol. The Balaban J connectivity index is 1.22. The molecule has 3 rings (SSSR count). The maximum atomic E-state index is 11.3. The van der Waals surface area contributed by atoms with Gasteiger partial charge < -0.3 is 0 Å². The van der Waals surface area contributed by atoms with E-state index in [1.807, 2.05) is 6.92 Å². The minimum atomic E-state index is 0.441. The van der Waals surface area contributed by atoms with Crippen LogP contribution in [0.4, 0.5) is 0 Å². The second-order valence-electron chi connectivity index (χ2n) is 13.6. The molecule has 3 saturated carbocycles. The van der Waals surface area contributed by atoms with Gasteiger partial charge in [-0.15, -0.1) is 0 Å². The maximum absolute atomic E-state index is 11.3. The summed E-state index contributed by atoms with van der Waals surface area (Å²) in [7, 11) is 0. The highest BCUT2D eigenvalue weighted by Gasteiger charge is 2.68. The van der Waals surface area contributed by atoms with Crippen molar-refractivity contribution in [2.75, 3.05) is 0 Å². The molecule has 5 atom stereocenters. The zero-order valence-corrected chi connectivity index (χ0v) is 23.3. The maximum Gasteiger partial charge on any atom is 0.132 e. The average molecular weight is 459 g/mol. The van der Waals surface area contributed by atoms with Crippen LogP contribution in [-0.2, 0) is 4.79 Å². The molecule has 0 aromatic carbocycles. The normalized spacial score (nSPS) is 34.5. The number of carbonyl (C=O) groups is 1. The zero-order chi connectivity index (χ0) is 24.0. The Morgan fingerprint density at radius 2 is 1.30 bits per heavy atom. The van der Waals surface area contributed by atoms with E-state index in [9.17, 15) is 4.79 Å². The van der Waals surface area contributed by atoms with Gasteiger partial charge in [-0.25, -0.2) is 0 Å². The van der Waals surface area contributed by atoms with Gasteiger partial charge in [-0.1, -0.05) is 105 Å². The minimum Gasteiger partial charge on any atom is -0.300 e. The van der Waals surface area contributed by atoms with Gasteiger partial charge in [0.05, 0.1) is 0 Å². The number of Topliss-reactive ketones (excluding diaryl/α,β-unsaturated/α-hetero) is 1. The molecular formula is C32H58O. The Kier molecular flexibility index (Phi) is 9.97. The van der Waals surface area contributed by atoms with E-state index in [-0.39, 0.29) is 0 Å². The lowest BCUT2D eigenvalue weighted by molar-refractivity contribution is -0.118. The van der Waals surface area contributed by atoms with Crippen LogP contribution in [-0.4, -0.2) is 5.78 Å². The lowest BCUT2D eigenvalue weighted by Gasteiger charge is -2.48. The Labute approximate surface area is 207 Å². The van der Waals surface area contributed by atoms with Crippen molar-refractivity contribution in [3.05, 3.63) is 0 Å². The summed E-state index contributed by atoms with van der Waals surface area (Å²) < 4.78 is 0. The van der Waals surface area contributed by atoms with Crippen LogP contribution < -0.4 is 0 Å². The van der Waals surface area contributed by atoms with Gasteiger partial charge in [0.15, 0.2) is 0 Å². The molecule has 0 amide bonds. The van der Waals surface area contributed by atoms with Gasteiger partial charge in [0, 0.05) is 12.8 Å². The van der Waals surface area contributed by atoms with Gasteiger partial charge in [-0.05, 0) is 78.9 Å². The molecule has 0 saturated heterocycles. The van der Waals surface area contributed by atoms with Gasteiger partial charge in [0.25, 0.3) is 0 Å². The number of hydrogen-bond acceptors (Lipinski definition) is 1. The van der Waals surface area contributed by atoms with Gasteiger partial charge >= 0.3 is 0 Å². The van der Waals surface area contributed by atoms with Gasteiger partial charge in [0.2, 0.25) is 0 Å². The summed E-state index contributed by atoms with van der Waals surface area (Å²) in [6.07, 6.45) is 27.3. The molecule has 0 aromatic heterocycles. The molecule has 192 valence electrons. The quantitative estimate of drug-likeness (QED) is 0.210. The molecule has 0 heterocycles. The molecule has 0 radical (unpaired) electrons. The van der Waals surface area contributed by atoms with Crippen LogP contribution in [0.5, 0.6) is 0 Å². The first kappa shape index (κ1) is 27.3. The van der Waals surface area contributed by atoms with Crippen molar-refractivity contribution >= 4 is 5.78 Å². The van der Waals surface area contributed by atoms with Crippen molar-refractivity contribution in [3.63, 3.8) is 0 Å². The Hall–Kier alpha value is -0.330. The first-order valence-corrected chi connectivity index (χ1v) is 15.3. The SMILES string of the molecule is CCC(=O)CCCCCCCCCCCCCC[C@]1(C)CC[C@H]2C(C)(C)[C@@H]3C[C@@]21CC[C@H]3C. The van der Waals surface area contributed by atoms with Crippen molar-refractivity contribution in [1.82, 2.24) is 0 Å². The van der Waals surface area contributed by atoms with Crippen molar-refractivity contribution in [1.29, 1.82) is 0 Å². The van der Waals surface area contributed by atoms with Crippen molar-refractivity contribution in [2.45, 2.75) is 163 Å². The van der Waals surface area contributed by atoms with E-state index >= 15 is 0 Å². The number of unbranched alkanes of at least 4 members (excludes halogenated alkanes) is 11. The molecule has 3 fully saturated rings. The summed E-state index contributed by atoms with van der Waals surface area (Å²) in [5.41, 5.74) is 1.91. The molecule has 33 heavy (non-hydrogen) atoms. The third kappa shape index (κ3) is 6.09. The lowest BCUT2D eigenvalue weighted by Crippen LogP contribution is -2.39. The van der Waals surface area contributed by atoms with Crippen LogP contribution in [0.2, 0.25) is 0 Å². The van der Waals surface area contributed by atoms with Crippen molar-refractivity contribution in [2.24, 2.45) is 34.0 Å². The third-order valence-corrected chi connectivity index (χ3v) is 11.4. The molecule has 3 aliphatic rings. The molecule has 0 unspecified atom stereocenters. The second kappa shape index (κ2) is 12.1. The second-order valence-corrected chi connectivity index (χ2v) is 13.6. The summed E-state index contributed by atoms with van der Waals surface area (Å²) in [6.45, 7) is 12.5. The Bertz CT molecular complexity index is 606. The first-order valence-electron chi connectivity index (χ1n) is 15.3. The highest BCUT2D eigenvalue weighted by atomic mass is 16.1. The minimum absolute atomic E-state index is 0.441. The molecular weight excluding hydrogens is 400 g/mol. The van der Waals surface area contributed by atoms with Crippen LogP contribution in [0, 0.1) is 34.0 Å². The number of carbonyl (C=O) groups excluding carboxylic acids is 1. The number of hydrogen-bond donors (Lipinski definition) is 0. The first-order chi connectivity index (χ1) is 15.8. The monoisotopic (exact) mass is 458 g/mol. The van der Waals surface area contributed by atoms with Gasteiger partial charge in [-0.2, -0.15) is 0 Å². The topological polar surface area (TPSA) is 17.1 Å². The van der Waals surface area contributed by atoms with Crippen LogP contribution >= 0.6 is 0 Å². The molecule has 3 aliphatic carbocycles. The average Bonchev–Trinajstić information content (AvgIpc) is 3.18. The van der Waals surface area contributed by atoms with E-state index in [1.165, 1.54) is 103 Å². The third-order valence-electron chi connectivity index (χ3n) is 11.4. The molecule has 0 aromatic rings. The predicted octanol–water partition coefficient (Wildman–Crippen LogP) is 10.3.